The Bertz CT molecular complexity index is 850. The summed E-state index contributed by atoms with van der Waals surface area (Å²) in [6.07, 6.45) is 0.0566. The lowest BCUT2D eigenvalue weighted by molar-refractivity contribution is -0.114. The predicted octanol–water partition coefficient (Wildman–Crippen LogP) is 2.73. The smallest absolute Gasteiger partial charge is 0.304 e. The summed E-state index contributed by atoms with van der Waals surface area (Å²) in [6.45, 7) is 3.52. The maximum absolute atomic E-state index is 12.6. The van der Waals surface area contributed by atoms with Crippen molar-refractivity contribution >= 4 is 27.5 Å². The molecule has 2 aromatic rings. The molecule has 1 N–H and O–H groups in total. The largest absolute Gasteiger partial charge is 0.491 e. The van der Waals surface area contributed by atoms with Gasteiger partial charge < -0.3 is 10.1 Å². The Hall–Kier alpha value is -2.58. The number of hydrogen-bond acceptors (Lipinski definition) is 4. The van der Waals surface area contributed by atoms with Crippen LogP contribution in [0.2, 0.25) is 0 Å². The summed E-state index contributed by atoms with van der Waals surface area (Å²) in [5, 5.41) is 2.71. The highest BCUT2D eigenvalue weighted by Gasteiger charge is 2.27. The minimum Gasteiger partial charge on any atom is -0.491 e. The number of carbonyl (C=O) groups is 1. The number of benzene rings is 2. The van der Waals surface area contributed by atoms with Crippen molar-refractivity contribution in [2.75, 3.05) is 30.3 Å². The Labute approximate surface area is 160 Å². The minimum atomic E-state index is -3.81. The zero-order valence-electron chi connectivity index (χ0n) is 15.9. The van der Waals surface area contributed by atoms with Gasteiger partial charge in [0.2, 0.25) is 5.91 Å². The highest BCUT2D eigenvalue weighted by molar-refractivity contribution is 7.90. The maximum atomic E-state index is 12.6. The molecule has 1 amide bonds. The lowest BCUT2D eigenvalue weighted by Gasteiger charge is -2.26. The highest BCUT2D eigenvalue weighted by atomic mass is 32.2. The molecule has 0 heterocycles. The third kappa shape index (κ3) is 5.70. The Balaban J connectivity index is 2.14. The van der Waals surface area contributed by atoms with Crippen LogP contribution in [-0.4, -0.2) is 45.4 Å². The van der Waals surface area contributed by atoms with Crippen molar-refractivity contribution in [2.24, 2.45) is 0 Å². The van der Waals surface area contributed by atoms with E-state index in [9.17, 15) is 13.2 Å². The van der Waals surface area contributed by atoms with Gasteiger partial charge in [-0.3, -0.25) is 4.79 Å². The zero-order valence-corrected chi connectivity index (χ0v) is 16.7. The van der Waals surface area contributed by atoms with Crippen LogP contribution in [0.15, 0.2) is 54.6 Å². The molecule has 0 aliphatic rings. The first-order valence-electron chi connectivity index (χ1n) is 8.52. The second-order valence-electron chi connectivity index (χ2n) is 6.37. The number of nitrogens with one attached hydrogen (secondary N) is 1. The summed E-state index contributed by atoms with van der Waals surface area (Å²) in [5.74, 6) is 0.255. The van der Waals surface area contributed by atoms with Crippen LogP contribution in [0.3, 0.4) is 0 Å². The van der Waals surface area contributed by atoms with E-state index in [1.807, 2.05) is 13.8 Å². The van der Waals surface area contributed by atoms with Crippen molar-refractivity contribution < 1.29 is 17.9 Å². The van der Waals surface area contributed by atoms with Crippen LogP contribution in [0, 0.1) is 0 Å². The number of anilines is 2. The summed E-state index contributed by atoms with van der Waals surface area (Å²) in [4.78, 5) is 12.5. The molecule has 8 heteroatoms. The summed E-state index contributed by atoms with van der Waals surface area (Å²) in [7, 11) is -0.959. The van der Waals surface area contributed by atoms with Gasteiger partial charge in [0.25, 0.3) is 0 Å². The molecule has 0 radical (unpaired) electrons. The number of rotatable bonds is 8. The molecular weight excluding hydrogens is 366 g/mol. The van der Waals surface area contributed by atoms with Gasteiger partial charge in [0.1, 0.15) is 12.3 Å². The maximum Gasteiger partial charge on any atom is 0.304 e. The molecule has 0 bridgehead atoms. The van der Waals surface area contributed by atoms with E-state index in [1.165, 1.54) is 14.1 Å². The molecule has 0 saturated heterocycles. The molecular formula is C19H25N3O4S. The predicted molar refractivity (Wildman–Crippen MR) is 107 cm³/mol. The van der Waals surface area contributed by atoms with E-state index in [1.54, 1.807) is 54.6 Å². The van der Waals surface area contributed by atoms with E-state index in [4.69, 9.17) is 4.74 Å². The standard InChI is InChI=1S/C19H25N3O4S/c1-15(2)26-18-12-10-16(11-13-18)20-19(23)14-22(27(24,25)21(3)4)17-8-6-5-7-9-17/h5-13,15H,14H2,1-4H3,(H,20,23). The van der Waals surface area contributed by atoms with E-state index in [0.717, 1.165) is 8.61 Å². The molecule has 2 rings (SSSR count). The molecule has 0 atom stereocenters. The third-order valence-electron chi connectivity index (χ3n) is 3.58. The van der Waals surface area contributed by atoms with Crippen LogP contribution >= 0.6 is 0 Å². The summed E-state index contributed by atoms with van der Waals surface area (Å²) in [6, 6.07) is 15.4. The van der Waals surface area contributed by atoms with Crippen molar-refractivity contribution in [3.63, 3.8) is 0 Å². The Kier molecular flexibility index (Phi) is 6.81. The van der Waals surface area contributed by atoms with Gasteiger partial charge in [-0.25, -0.2) is 4.31 Å². The van der Waals surface area contributed by atoms with Crippen molar-refractivity contribution in [3.05, 3.63) is 54.6 Å². The fourth-order valence-corrected chi connectivity index (χ4v) is 3.38. The van der Waals surface area contributed by atoms with E-state index in [2.05, 4.69) is 5.32 Å². The van der Waals surface area contributed by atoms with Crippen molar-refractivity contribution in [2.45, 2.75) is 20.0 Å². The van der Waals surface area contributed by atoms with Crippen LogP contribution in [-0.2, 0) is 15.0 Å². The third-order valence-corrected chi connectivity index (χ3v) is 5.40. The van der Waals surface area contributed by atoms with Crippen LogP contribution in [0.4, 0.5) is 11.4 Å². The van der Waals surface area contributed by atoms with E-state index < -0.39 is 16.1 Å². The van der Waals surface area contributed by atoms with Crippen LogP contribution < -0.4 is 14.4 Å². The van der Waals surface area contributed by atoms with Gasteiger partial charge in [-0.15, -0.1) is 0 Å². The second-order valence-corrected chi connectivity index (χ2v) is 8.44. The van der Waals surface area contributed by atoms with E-state index in [-0.39, 0.29) is 12.6 Å². The molecule has 146 valence electrons. The summed E-state index contributed by atoms with van der Waals surface area (Å²) < 4.78 is 32.9. The zero-order chi connectivity index (χ0) is 20.0. The molecule has 27 heavy (non-hydrogen) atoms. The van der Waals surface area contributed by atoms with Gasteiger partial charge in [0.15, 0.2) is 0 Å². The molecule has 2 aromatic carbocycles. The van der Waals surface area contributed by atoms with Gasteiger partial charge in [0, 0.05) is 19.8 Å². The molecule has 0 aliphatic carbocycles. The highest BCUT2D eigenvalue weighted by Crippen LogP contribution is 2.20. The van der Waals surface area contributed by atoms with E-state index in [0.29, 0.717) is 17.1 Å². The molecule has 0 saturated carbocycles. The topological polar surface area (TPSA) is 79.0 Å². The van der Waals surface area contributed by atoms with Gasteiger partial charge in [0.05, 0.1) is 11.8 Å². The molecule has 0 aromatic heterocycles. The molecule has 0 spiro atoms. The van der Waals surface area contributed by atoms with Crippen LogP contribution in [0.1, 0.15) is 13.8 Å². The second kappa shape index (κ2) is 8.88. The average Bonchev–Trinajstić information content (AvgIpc) is 2.61. The lowest BCUT2D eigenvalue weighted by Crippen LogP contribution is -2.44. The van der Waals surface area contributed by atoms with Crippen LogP contribution in [0.5, 0.6) is 5.75 Å². The van der Waals surface area contributed by atoms with Crippen LogP contribution in [0.25, 0.3) is 0 Å². The first kappa shape index (κ1) is 20.7. The molecule has 7 nitrogen and oxygen atoms in total. The van der Waals surface area contributed by atoms with Gasteiger partial charge >= 0.3 is 10.2 Å². The van der Waals surface area contributed by atoms with Crippen molar-refractivity contribution in [1.82, 2.24) is 4.31 Å². The lowest BCUT2D eigenvalue weighted by atomic mass is 10.3. The normalized spacial score (nSPS) is 11.5. The summed E-state index contributed by atoms with van der Waals surface area (Å²) >= 11 is 0. The average molecular weight is 391 g/mol. The number of ether oxygens (including phenoxy) is 1. The van der Waals surface area contributed by atoms with Gasteiger partial charge in [-0.2, -0.15) is 12.7 Å². The monoisotopic (exact) mass is 391 g/mol. The van der Waals surface area contributed by atoms with Crippen molar-refractivity contribution in [1.29, 1.82) is 0 Å². The quantitative estimate of drug-likeness (QED) is 0.750. The van der Waals surface area contributed by atoms with E-state index >= 15 is 0 Å². The van der Waals surface area contributed by atoms with Gasteiger partial charge in [-0.1, -0.05) is 18.2 Å². The SMILES string of the molecule is CC(C)Oc1ccc(NC(=O)CN(c2ccccc2)S(=O)(=O)N(C)C)cc1. The number of hydrogen-bond donors (Lipinski definition) is 1. The van der Waals surface area contributed by atoms with Gasteiger partial charge in [-0.05, 0) is 50.2 Å². The Morgan fingerprint density at radius 1 is 1.04 bits per heavy atom. The number of para-hydroxylation sites is 1. The first-order chi connectivity index (χ1) is 12.7. The fourth-order valence-electron chi connectivity index (χ4n) is 2.32. The fraction of sp³-hybridized carbons (Fsp3) is 0.316. The number of amides is 1. The Morgan fingerprint density at radius 2 is 1.63 bits per heavy atom. The summed E-state index contributed by atoms with van der Waals surface area (Å²) in [5.41, 5.74) is 0.980. The molecule has 0 aliphatic heterocycles. The van der Waals surface area contributed by atoms with Crippen molar-refractivity contribution in [3.8, 4) is 5.75 Å². The number of carbonyl (C=O) groups excluding carboxylic acids is 1. The molecule has 0 unspecified atom stereocenters. The minimum absolute atomic E-state index is 0.0566. The number of nitrogens with zero attached hydrogens (tertiary/aromatic N) is 2. The molecule has 0 fully saturated rings. The first-order valence-corrected chi connectivity index (χ1v) is 9.91. The Morgan fingerprint density at radius 3 is 2.15 bits per heavy atom.